The molecule has 1 aliphatic rings. The highest BCUT2D eigenvalue weighted by molar-refractivity contribution is 7.20. The normalized spacial score (nSPS) is 19.1. The van der Waals surface area contributed by atoms with Crippen LogP contribution in [0.1, 0.15) is 19.3 Å². The summed E-state index contributed by atoms with van der Waals surface area (Å²) in [5.74, 6) is 0. The Bertz CT molecular complexity index is 622. The van der Waals surface area contributed by atoms with Crippen LogP contribution in [0.25, 0.3) is 10.2 Å². The van der Waals surface area contributed by atoms with Gasteiger partial charge in [-0.05, 0) is 25.5 Å². The van der Waals surface area contributed by atoms with Gasteiger partial charge in [0, 0.05) is 18.2 Å². The molecular weight excluding hydrogens is 278 g/mol. The number of nitrogens with zero attached hydrogens (tertiary/aromatic N) is 2. The van der Waals surface area contributed by atoms with Gasteiger partial charge in [0.1, 0.15) is 6.61 Å². The molecule has 2 heterocycles. The van der Waals surface area contributed by atoms with Crippen molar-refractivity contribution in [3.05, 3.63) is 28.3 Å². The van der Waals surface area contributed by atoms with Crippen molar-refractivity contribution in [3.63, 3.8) is 0 Å². The Morgan fingerprint density at radius 1 is 1.50 bits per heavy atom. The van der Waals surface area contributed by atoms with Gasteiger partial charge in [0.05, 0.1) is 15.1 Å². The van der Waals surface area contributed by atoms with Crippen molar-refractivity contribution in [3.8, 4) is 5.19 Å². The fourth-order valence-corrected chi connectivity index (χ4v) is 3.11. The number of benzene rings is 1. The second kappa shape index (κ2) is 5.72. The molecule has 0 aliphatic carbocycles. The zero-order chi connectivity index (χ0) is 13.9. The summed E-state index contributed by atoms with van der Waals surface area (Å²) < 4.78 is 6.61. The number of nitro benzene ring substituents is 1. The number of ether oxygens (including phenoxy) is 1. The molecule has 6 nitrogen and oxygen atoms in total. The number of hydrogen-bond donors (Lipinski definition) is 1. The zero-order valence-corrected chi connectivity index (χ0v) is 11.7. The zero-order valence-electron chi connectivity index (χ0n) is 10.9. The Kier molecular flexibility index (Phi) is 3.79. The maximum absolute atomic E-state index is 10.7. The first-order valence-corrected chi connectivity index (χ1v) is 7.45. The lowest BCUT2D eigenvalue weighted by molar-refractivity contribution is -0.384. The molecule has 1 atom stereocenters. The highest BCUT2D eigenvalue weighted by Crippen LogP contribution is 2.30. The summed E-state index contributed by atoms with van der Waals surface area (Å²) >= 11 is 1.42. The van der Waals surface area contributed by atoms with Crippen LogP contribution in [-0.4, -0.2) is 29.1 Å². The van der Waals surface area contributed by atoms with Crippen LogP contribution in [-0.2, 0) is 0 Å². The van der Waals surface area contributed by atoms with E-state index in [1.165, 1.54) is 36.3 Å². The summed E-state index contributed by atoms with van der Waals surface area (Å²) in [5, 5.41) is 14.7. The molecule has 1 aliphatic heterocycles. The van der Waals surface area contributed by atoms with Crippen LogP contribution in [0.15, 0.2) is 18.2 Å². The first-order valence-electron chi connectivity index (χ1n) is 6.63. The highest BCUT2D eigenvalue weighted by atomic mass is 32.1. The SMILES string of the molecule is O=[N+]([O-])c1ccc2sc(OC[C@@H]3CCCCN3)nc2c1. The molecule has 0 radical (unpaired) electrons. The lowest BCUT2D eigenvalue weighted by atomic mass is 10.1. The van der Waals surface area contributed by atoms with Gasteiger partial charge >= 0.3 is 0 Å². The number of hydrogen-bond acceptors (Lipinski definition) is 6. The Morgan fingerprint density at radius 2 is 2.40 bits per heavy atom. The molecule has 2 aromatic rings. The van der Waals surface area contributed by atoms with Gasteiger partial charge in [-0.3, -0.25) is 10.1 Å². The number of fused-ring (bicyclic) bond motifs is 1. The molecular formula is C13H15N3O3S. The quantitative estimate of drug-likeness (QED) is 0.692. The maximum atomic E-state index is 10.7. The third-order valence-corrected chi connectivity index (χ3v) is 4.33. The van der Waals surface area contributed by atoms with E-state index < -0.39 is 4.92 Å². The molecule has 106 valence electrons. The molecule has 1 fully saturated rings. The van der Waals surface area contributed by atoms with Gasteiger partial charge < -0.3 is 10.1 Å². The van der Waals surface area contributed by atoms with Crippen LogP contribution in [0.5, 0.6) is 5.19 Å². The van der Waals surface area contributed by atoms with Crippen LogP contribution >= 0.6 is 11.3 Å². The average Bonchev–Trinajstić information content (AvgIpc) is 2.88. The second-order valence-electron chi connectivity index (χ2n) is 4.85. The predicted octanol–water partition coefficient (Wildman–Crippen LogP) is 2.73. The van der Waals surface area contributed by atoms with Gasteiger partial charge in [-0.15, -0.1) is 0 Å². The molecule has 0 unspecified atom stereocenters. The first kappa shape index (κ1) is 13.3. The summed E-state index contributed by atoms with van der Waals surface area (Å²) in [6.45, 7) is 1.64. The van der Waals surface area contributed by atoms with Crippen molar-refractivity contribution in [1.82, 2.24) is 10.3 Å². The molecule has 0 saturated carbocycles. The minimum absolute atomic E-state index is 0.0586. The smallest absolute Gasteiger partial charge is 0.274 e. The number of thiazole rings is 1. The number of rotatable bonds is 4. The van der Waals surface area contributed by atoms with Crippen LogP contribution < -0.4 is 10.1 Å². The molecule has 0 spiro atoms. The van der Waals surface area contributed by atoms with Crippen molar-refractivity contribution in [2.24, 2.45) is 0 Å². The van der Waals surface area contributed by atoms with Gasteiger partial charge in [0.25, 0.3) is 10.9 Å². The third-order valence-electron chi connectivity index (χ3n) is 3.38. The van der Waals surface area contributed by atoms with Crippen molar-refractivity contribution in [1.29, 1.82) is 0 Å². The second-order valence-corrected chi connectivity index (χ2v) is 5.84. The summed E-state index contributed by atoms with van der Waals surface area (Å²) in [4.78, 5) is 14.6. The van der Waals surface area contributed by atoms with E-state index in [2.05, 4.69) is 10.3 Å². The van der Waals surface area contributed by atoms with E-state index in [1.54, 1.807) is 6.07 Å². The van der Waals surface area contributed by atoms with Crippen molar-refractivity contribution >= 4 is 27.2 Å². The van der Waals surface area contributed by atoms with Crippen molar-refractivity contribution in [2.75, 3.05) is 13.2 Å². The minimum atomic E-state index is -0.411. The summed E-state index contributed by atoms with van der Waals surface area (Å²) in [6, 6.07) is 5.08. The minimum Gasteiger partial charge on any atom is -0.468 e. The first-order chi connectivity index (χ1) is 9.72. The van der Waals surface area contributed by atoms with E-state index in [-0.39, 0.29) is 5.69 Å². The Labute approximate surface area is 119 Å². The van der Waals surface area contributed by atoms with Gasteiger partial charge in [0.2, 0.25) is 0 Å². The molecule has 20 heavy (non-hydrogen) atoms. The van der Waals surface area contributed by atoms with Gasteiger partial charge in [0.15, 0.2) is 0 Å². The Hall–Kier alpha value is -1.73. The largest absolute Gasteiger partial charge is 0.468 e. The van der Waals surface area contributed by atoms with Crippen LogP contribution in [0.4, 0.5) is 5.69 Å². The van der Waals surface area contributed by atoms with E-state index in [4.69, 9.17) is 4.74 Å². The molecule has 7 heteroatoms. The Balaban J connectivity index is 1.70. The van der Waals surface area contributed by atoms with Crippen molar-refractivity contribution in [2.45, 2.75) is 25.3 Å². The number of aromatic nitrogens is 1. The lowest BCUT2D eigenvalue weighted by Gasteiger charge is -2.22. The Morgan fingerprint density at radius 3 is 3.15 bits per heavy atom. The van der Waals surface area contributed by atoms with E-state index in [0.717, 1.165) is 17.7 Å². The van der Waals surface area contributed by atoms with Gasteiger partial charge in [-0.25, -0.2) is 4.98 Å². The monoisotopic (exact) mass is 293 g/mol. The summed E-state index contributed by atoms with van der Waals surface area (Å²) in [6.07, 6.45) is 3.57. The molecule has 0 amide bonds. The van der Waals surface area contributed by atoms with E-state index >= 15 is 0 Å². The van der Waals surface area contributed by atoms with Gasteiger partial charge in [-0.2, -0.15) is 0 Å². The topological polar surface area (TPSA) is 77.3 Å². The van der Waals surface area contributed by atoms with Crippen LogP contribution in [0.3, 0.4) is 0 Å². The number of nitrogens with one attached hydrogen (secondary N) is 1. The number of non-ortho nitro benzene ring substituents is 1. The molecule has 3 rings (SSSR count). The van der Waals surface area contributed by atoms with E-state index in [0.29, 0.717) is 23.4 Å². The molecule has 1 saturated heterocycles. The number of nitro groups is 1. The lowest BCUT2D eigenvalue weighted by Crippen LogP contribution is -2.38. The fraction of sp³-hybridized carbons (Fsp3) is 0.462. The van der Waals surface area contributed by atoms with E-state index in [9.17, 15) is 10.1 Å². The maximum Gasteiger partial charge on any atom is 0.274 e. The van der Waals surface area contributed by atoms with E-state index in [1.807, 2.05) is 0 Å². The highest BCUT2D eigenvalue weighted by Gasteiger charge is 2.15. The van der Waals surface area contributed by atoms with Gasteiger partial charge in [-0.1, -0.05) is 17.8 Å². The average molecular weight is 293 g/mol. The molecule has 1 N–H and O–H groups in total. The summed E-state index contributed by atoms with van der Waals surface area (Å²) in [7, 11) is 0. The van der Waals surface area contributed by atoms with Crippen LogP contribution in [0, 0.1) is 10.1 Å². The fourth-order valence-electron chi connectivity index (χ4n) is 2.31. The number of piperidine rings is 1. The predicted molar refractivity (Wildman–Crippen MR) is 77.4 cm³/mol. The molecule has 1 aromatic carbocycles. The molecule has 1 aromatic heterocycles. The summed E-state index contributed by atoms with van der Waals surface area (Å²) in [5.41, 5.74) is 0.680. The van der Waals surface area contributed by atoms with Crippen molar-refractivity contribution < 1.29 is 9.66 Å². The third kappa shape index (κ3) is 2.88. The van der Waals surface area contributed by atoms with Crippen LogP contribution in [0.2, 0.25) is 0 Å². The standard InChI is InChI=1S/C13H15N3O3S/c17-16(18)10-4-5-12-11(7-10)15-13(20-12)19-8-9-3-1-2-6-14-9/h4-5,7,9,14H,1-3,6,8H2/t9-/m0/s1. The molecule has 0 bridgehead atoms.